The van der Waals surface area contributed by atoms with Crippen LogP contribution in [-0.4, -0.2) is 73.5 Å². The Kier molecular flexibility index (Phi) is 13.9. The van der Waals surface area contributed by atoms with Crippen molar-refractivity contribution in [2.45, 2.75) is 95.6 Å². The van der Waals surface area contributed by atoms with Gasteiger partial charge in [-0.3, -0.25) is 9.59 Å². The SMILES string of the molecule is COc1ccc(CN(C[C@]2(O)CC[C@H]3c4ccc(cc4C(=O)c4cccc(C(F)(F)F)c4)C[C@@H](O)CCC(C)=CCC[C@@]32C)C(=O)Cc2ccc(OC)c(OC)c2)c(OC)c1. The number of rotatable bonds is 12. The van der Waals surface area contributed by atoms with Crippen molar-refractivity contribution in [1.29, 1.82) is 0 Å². The first-order valence-electron chi connectivity index (χ1n) is 20.6. The summed E-state index contributed by atoms with van der Waals surface area (Å²) in [6, 6.07) is 20.5. The van der Waals surface area contributed by atoms with Crippen molar-refractivity contribution in [1.82, 2.24) is 4.90 Å². The summed E-state index contributed by atoms with van der Waals surface area (Å²) in [4.78, 5) is 30.8. The summed E-state index contributed by atoms with van der Waals surface area (Å²) < 4.78 is 63.8. The van der Waals surface area contributed by atoms with E-state index < -0.39 is 40.6 Å². The van der Waals surface area contributed by atoms with Crippen LogP contribution in [0.3, 0.4) is 0 Å². The third-order valence-corrected chi connectivity index (χ3v) is 12.8. The number of ketones is 1. The van der Waals surface area contributed by atoms with Gasteiger partial charge in [-0.25, -0.2) is 0 Å². The predicted octanol–water partition coefficient (Wildman–Crippen LogP) is 9.28. The summed E-state index contributed by atoms with van der Waals surface area (Å²) in [5, 5.41) is 24.3. The summed E-state index contributed by atoms with van der Waals surface area (Å²) in [6.07, 6.45) is -0.107. The molecule has 3 aliphatic rings. The van der Waals surface area contributed by atoms with Crippen molar-refractivity contribution in [3.05, 3.63) is 129 Å². The van der Waals surface area contributed by atoms with Crippen LogP contribution in [0.2, 0.25) is 0 Å². The number of carbonyl (C=O) groups excluding carboxylic acids is 2. The molecule has 2 N–H and O–H groups in total. The van der Waals surface area contributed by atoms with Gasteiger partial charge in [0.25, 0.3) is 0 Å². The number of ether oxygens (including phenoxy) is 4. The summed E-state index contributed by atoms with van der Waals surface area (Å²) in [6.45, 7) is 4.06. The van der Waals surface area contributed by atoms with E-state index in [0.717, 1.165) is 17.7 Å². The number of fused-ring (bicyclic) bond motifs is 8. The highest BCUT2D eigenvalue weighted by Crippen LogP contribution is 2.59. The van der Waals surface area contributed by atoms with Crippen molar-refractivity contribution in [3.8, 4) is 23.0 Å². The van der Waals surface area contributed by atoms with Crippen LogP contribution >= 0.6 is 0 Å². The van der Waals surface area contributed by atoms with Crippen molar-refractivity contribution < 1.29 is 51.9 Å². The van der Waals surface area contributed by atoms with Crippen LogP contribution in [0.1, 0.15) is 102 Å². The van der Waals surface area contributed by atoms with Crippen LogP contribution in [0, 0.1) is 5.41 Å². The molecule has 9 nitrogen and oxygen atoms in total. The van der Waals surface area contributed by atoms with Crippen molar-refractivity contribution in [3.63, 3.8) is 0 Å². The van der Waals surface area contributed by atoms with Gasteiger partial charge in [0.15, 0.2) is 17.3 Å². The van der Waals surface area contributed by atoms with Crippen LogP contribution in [0.25, 0.3) is 0 Å². The van der Waals surface area contributed by atoms with Gasteiger partial charge in [-0.2, -0.15) is 13.2 Å². The quantitative estimate of drug-likeness (QED) is 0.107. The maximum Gasteiger partial charge on any atom is 0.416 e. The van der Waals surface area contributed by atoms with Gasteiger partial charge in [0.1, 0.15) is 11.5 Å². The van der Waals surface area contributed by atoms with E-state index in [1.54, 1.807) is 55.5 Å². The largest absolute Gasteiger partial charge is 0.497 e. The molecule has 4 atom stereocenters. The maximum absolute atomic E-state index is 14.7. The molecule has 0 aliphatic heterocycles. The number of hydrogen-bond donors (Lipinski definition) is 2. The molecule has 0 spiro atoms. The number of benzene rings is 4. The minimum atomic E-state index is -4.65. The van der Waals surface area contributed by atoms with Gasteiger partial charge in [-0.1, -0.05) is 48.9 Å². The molecule has 326 valence electrons. The number of aliphatic hydroxyl groups is 2. The molecule has 0 radical (unpaired) electrons. The number of allylic oxidation sites excluding steroid dienone is 2. The molecule has 0 unspecified atom stereocenters. The van der Waals surface area contributed by atoms with Crippen LogP contribution in [-0.2, 0) is 30.4 Å². The van der Waals surface area contributed by atoms with E-state index >= 15 is 0 Å². The van der Waals surface area contributed by atoms with E-state index in [0.29, 0.717) is 77.4 Å². The number of methoxy groups -OCH3 is 4. The zero-order valence-electron chi connectivity index (χ0n) is 35.7. The Hall–Kier alpha value is -5.33. The average Bonchev–Trinajstić information content (AvgIpc) is 3.50. The molecule has 1 saturated carbocycles. The van der Waals surface area contributed by atoms with E-state index in [2.05, 4.69) is 6.08 Å². The second-order valence-electron chi connectivity index (χ2n) is 16.6. The van der Waals surface area contributed by atoms with E-state index in [9.17, 15) is 33.0 Å². The fraction of sp³-hybridized carbons (Fsp3) is 0.429. The first kappa shape index (κ1) is 45.2. The lowest BCUT2D eigenvalue weighted by Gasteiger charge is -2.46. The Labute approximate surface area is 356 Å². The number of hydrogen-bond acceptors (Lipinski definition) is 8. The van der Waals surface area contributed by atoms with Gasteiger partial charge in [-0.05, 0) is 117 Å². The Morgan fingerprint density at radius 1 is 0.852 bits per heavy atom. The summed E-state index contributed by atoms with van der Waals surface area (Å²) in [5.74, 6) is 0.809. The Balaban J connectivity index is 1.45. The van der Waals surface area contributed by atoms with Crippen molar-refractivity contribution >= 4 is 11.7 Å². The van der Waals surface area contributed by atoms with Crippen LogP contribution in [0.4, 0.5) is 13.2 Å². The fourth-order valence-electron chi connectivity index (χ4n) is 9.20. The highest BCUT2D eigenvalue weighted by molar-refractivity contribution is 6.10. The topological polar surface area (TPSA) is 115 Å². The van der Waals surface area contributed by atoms with Gasteiger partial charge in [-0.15, -0.1) is 0 Å². The molecule has 61 heavy (non-hydrogen) atoms. The van der Waals surface area contributed by atoms with E-state index in [-0.39, 0.29) is 49.4 Å². The molecule has 3 aliphatic carbocycles. The predicted molar refractivity (Wildman–Crippen MR) is 226 cm³/mol. The first-order chi connectivity index (χ1) is 29.0. The zero-order chi connectivity index (χ0) is 44.1. The smallest absolute Gasteiger partial charge is 0.416 e. The lowest BCUT2D eigenvalue weighted by Crippen LogP contribution is -2.53. The molecule has 0 heterocycles. The Morgan fingerprint density at radius 3 is 2.31 bits per heavy atom. The monoisotopic (exact) mass is 843 g/mol. The zero-order valence-corrected chi connectivity index (χ0v) is 35.7. The van der Waals surface area contributed by atoms with Crippen LogP contribution in [0.15, 0.2) is 90.5 Å². The number of halogens is 3. The molecule has 4 aromatic carbocycles. The van der Waals surface area contributed by atoms with Crippen molar-refractivity contribution in [2.24, 2.45) is 5.41 Å². The minimum Gasteiger partial charge on any atom is -0.497 e. The molecule has 7 rings (SSSR count). The number of carbonyl (C=O) groups is 2. The highest BCUT2D eigenvalue weighted by atomic mass is 19.4. The second kappa shape index (κ2) is 18.7. The van der Waals surface area contributed by atoms with Gasteiger partial charge < -0.3 is 34.1 Å². The van der Waals surface area contributed by atoms with Crippen LogP contribution in [0.5, 0.6) is 23.0 Å². The highest BCUT2D eigenvalue weighted by Gasteiger charge is 2.57. The number of aliphatic hydroxyl groups excluding tert-OH is 1. The van der Waals surface area contributed by atoms with E-state index in [1.165, 1.54) is 26.4 Å². The van der Waals surface area contributed by atoms with Gasteiger partial charge in [0.2, 0.25) is 5.91 Å². The summed E-state index contributed by atoms with van der Waals surface area (Å²) >= 11 is 0. The normalized spacial score (nSPS) is 21.8. The molecule has 1 amide bonds. The Morgan fingerprint density at radius 2 is 1.61 bits per heavy atom. The molecule has 2 bridgehead atoms. The van der Waals surface area contributed by atoms with Gasteiger partial charge >= 0.3 is 6.18 Å². The number of alkyl halides is 3. The molecule has 0 aromatic heterocycles. The standard InChI is InChI=1S/C49H56F3NO8/c1-31-9-8-21-47(2)41(39-18-13-32(23-37(54)16-12-31)24-40(39)46(56)34-10-7-11-36(27-34)49(50,51)52)20-22-48(47,57)30-53(29-35-15-17-38(58-3)28-43(35)60-5)45(55)26-33-14-19-42(59-4)44(25-33)61-6/h7,9-11,13-15,17-19,24-25,27-28,37,41,54,57H,8,12,16,20-23,26,29-30H2,1-6H3/t37-,41-,47-,48+/m0/s1. The van der Waals surface area contributed by atoms with Crippen LogP contribution < -0.4 is 18.9 Å². The fourth-order valence-corrected chi connectivity index (χ4v) is 9.20. The molecule has 0 saturated heterocycles. The lowest BCUT2D eigenvalue weighted by atomic mass is 9.64. The molecule has 12 heteroatoms. The Bertz CT molecular complexity index is 2260. The van der Waals surface area contributed by atoms with E-state index in [1.807, 2.05) is 32.0 Å². The number of nitrogens with zero attached hydrogens (tertiary/aromatic N) is 1. The number of amides is 1. The summed E-state index contributed by atoms with van der Waals surface area (Å²) in [7, 11) is 6.16. The minimum absolute atomic E-state index is 0.0140. The average molecular weight is 844 g/mol. The maximum atomic E-state index is 14.7. The molecule has 1 fully saturated rings. The van der Waals surface area contributed by atoms with Gasteiger partial charge in [0.05, 0.1) is 58.7 Å². The molecule has 4 aromatic rings. The van der Waals surface area contributed by atoms with Gasteiger partial charge in [0, 0.05) is 34.7 Å². The lowest BCUT2D eigenvalue weighted by molar-refractivity contribution is -0.140. The van der Waals surface area contributed by atoms with Crippen molar-refractivity contribution in [2.75, 3.05) is 35.0 Å². The molecular formula is C49H56F3NO8. The second-order valence-corrected chi connectivity index (χ2v) is 16.6. The molecular weight excluding hydrogens is 788 g/mol. The first-order valence-corrected chi connectivity index (χ1v) is 20.6. The third kappa shape index (κ3) is 9.92. The van der Waals surface area contributed by atoms with E-state index in [4.69, 9.17) is 18.9 Å². The summed E-state index contributed by atoms with van der Waals surface area (Å²) in [5.41, 5.74) is 0.534. The third-order valence-electron chi connectivity index (χ3n) is 12.8.